The van der Waals surface area contributed by atoms with Crippen LogP contribution in [0.15, 0.2) is 18.2 Å². The van der Waals surface area contributed by atoms with Crippen LogP contribution in [0, 0.1) is 18.6 Å². The molecular weight excluding hydrogens is 332 g/mol. The molecule has 2 heterocycles. The average molecular weight is 349 g/mol. The predicted octanol–water partition coefficient (Wildman–Crippen LogP) is 2.36. The van der Waals surface area contributed by atoms with E-state index < -0.39 is 29.6 Å². The first-order chi connectivity index (χ1) is 11.9. The maximum absolute atomic E-state index is 13.4. The Morgan fingerprint density at radius 2 is 2.04 bits per heavy atom. The van der Waals surface area contributed by atoms with E-state index >= 15 is 0 Å². The molecule has 0 fully saturated rings. The zero-order chi connectivity index (χ0) is 18.1. The zero-order valence-corrected chi connectivity index (χ0v) is 13.6. The number of halogens is 2. The third-order valence-corrected chi connectivity index (χ3v) is 4.29. The molecule has 3 rings (SSSR count). The van der Waals surface area contributed by atoms with Gasteiger partial charge in [-0.15, -0.1) is 0 Å². The Morgan fingerprint density at radius 1 is 1.28 bits per heavy atom. The van der Waals surface area contributed by atoms with Gasteiger partial charge in [0.25, 0.3) is 5.91 Å². The second kappa shape index (κ2) is 6.62. The number of amides is 1. The van der Waals surface area contributed by atoms with Crippen LogP contribution in [0.4, 0.5) is 8.78 Å². The van der Waals surface area contributed by atoms with Crippen LogP contribution >= 0.6 is 0 Å². The minimum atomic E-state index is -1.49. The molecule has 1 aromatic carbocycles. The standard InChI is InChI=1S/C17H17F2N3O3/c1-9-14(13-4-2-3-7-22(13)21-9)16(23)20-15(17(24)25)10-5-6-11(18)12(19)8-10/h5-6,8,15H,2-4,7H2,1H3,(H,20,23)(H,24,25). The lowest BCUT2D eigenvalue weighted by molar-refractivity contribution is -0.139. The van der Waals surface area contributed by atoms with Gasteiger partial charge in [-0.25, -0.2) is 13.6 Å². The molecule has 8 heteroatoms. The van der Waals surface area contributed by atoms with Gasteiger partial charge in [0.15, 0.2) is 17.7 Å². The molecule has 0 saturated carbocycles. The molecule has 1 aliphatic heterocycles. The van der Waals surface area contributed by atoms with E-state index in [4.69, 9.17) is 0 Å². The number of carbonyl (C=O) groups is 2. The highest BCUT2D eigenvalue weighted by Gasteiger charge is 2.28. The Morgan fingerprint density at radius 3 is 2.72 bits per heavy atom. The fourth-order valence-electron chi connectivity index (χ4n) is 3.10. The monoisotopic (exact) mass is 349 g/mol. The number of benzene rings is 1. The molecule has 1 aromatic heterocycles. The van der Waals surface area contributed by atoms with Crippen LogP contribution in [0.1, 0.15) is 46.2 Å². The van der Waals surface area contributed by atoms with E-state index in [1.807, 2.05) is 0 Å². The molecule has 132 valence electrons. The Balaban J connectivity index is 1.90. The molecule has 0 bridgehead atoms. The minimum absolute atomic E-state index is 0.0431. The molecule has 1 aliphatic rings. The molecule has 6 nitrogen and oxygen atoms in total. The highest BCUT2D eigenvalue weighted by atomic mass is 19.2. The van der Waals surface area contributed by atoms with Crippen molar-refractivity contribution >= 4 is 11.9 Å². The lowest BCUT2D eigenvalue weighted by Gasteiger charge is -2.17. The van der Waals surface area contributed by atoms with Crippen molar-refractivity contribution in [1.82, 2.24) is 15.1 Å². The number of hydrogen-bond donors (Lipinski definition) is 2. The van der Waals surface area contributed by atoms with Gasteiger partial charge in [0.1, 0.15) is 0 Å². The molecule has 1 unspecified atom stereocenters. The fraction of sp³-hybridized carbons (Fsp3) is 0.353. The maximum atomic E-state index is 13.4. The zero-order valence-electron chi connectivity index (χ0n) is 13.6. The molecule has 1 amide bonds. The second-order valence-corrected chi connectivity index (χ2v) is 6.01. The molecule has 0 aliphatic carbocycles. The summed E-state index contributed by atoms with van der Waals surface area (Å²) in [5.41, 5.74) is 1.60. The number of carbonyl (C=O) groups excluding carboxylic acids is 1. The summed E-state index contributed by atoms with van der Waals surface area (Å²) in [6.07, 6.45) is 2.59. The van der Waals surface area contributed by atoms with Crippen LogP contribution in [0.3, 0.4) is 0 Å². The van der Waals surface area contributed by atoms with Crippen LogP contribution in [0.5, 0.6) is 0 Å². The van der Waals surface area contributed by atoms with Crippen molar-refractivity contribution in [1.29, 1.82) is 0 Å². The largest absolute Gasteiger partial charge is 0.479 e. The predicted molar refractivity (Wildman–Crippen MR) is 84.1 cm³/mol. The van der Waals surface area contributed by atoms with Crippen molar-refractivity contribution in [2.24, 2.45) is 0 Å². The summed E-state index contributed by atoms with van der Waals surface area (Å²) in [5.74, 6) is -4.20. The van der Waals surface area contributed by atoms with Crippen molar-refractivity contribution in [2.45, 2.75) is 38.8 Å². The molecule has 0 radical (unpaired) electrons. The lowest BCUT2D eigenvalue weighted by atomic mass is 10.0. The normalized spacial score (nSPS) is 14.7. The van der Waals surface area contributed by atoms with E-state index in [9.17, 15) is 23.5 Å². The molecule has 0 spiro atoms. The number of nitrogens with one attached hydrogen (secondary N) is 1. The lowest BCUT2D eigenvalue weighted by Crippen LogP contribution is -2.34. The van der Waals surface area contributed by atoms with Crippen molar-refractivity contribution in [3.8, 4) is 0 Å². The molecule has 0 saturated heterocycles. The van der Waals surface area contributed by atoms with Crippen LogP contribution in [-0.4, -0.2) is 26.8 Å². The third-order valence-electron chi connectivity index (χ3n) is 4.29. The van der Waals surface area contributed by atoms with E-state index in [-0.39, 0.29) is 5.56 Å². The van der Waals surface area contributed by atoms with Gasteiger partial charge in [0, 0.05) is 6.54 Å². The SMILES string of the molecule is Cc1nn2c(c1C(=O)NC(C(=O)O)c1ccc(F)c(F)c1)CCCC2. The summed E-state index contributed by atoms with van der Waals surface area (Å²) in [6, 6.07) is 1.26. The number of hydrogen-bond acceptors (Lipinski definition) is 3. The number of aliphatic carboxylic acids is 1. The maximum Gasteiger partial charge on any atom is 0.330 e. The Kier molecular flexibility index (Phi) is 4.52. The topological polar surface area (TPSA) is 84.2 Å². The minimum Gasteiger partial charge on any atom is -0.479 e. The van der Waals surface area contributed by atoms with E-state index in [0.29, 0.717) is 17.7 Å². The number of rotatable bonds is 4. The number of nitrogens with zero attached hydrogens (tertiary/aromatic N) is 2. The first-order valence-electron chi connectivity index (χ1n) is 7.93. The number of aromatic nitrogens is 2. The summed E-state index contributed by atoms with van der Waals surface area (Å²) in [4.78, 5) is 24.2. The van der Waals surface area contributed by atoms with Crippen LogP contribution in [0.2, 0.25) is 0 Å². The molecule has 2 N–H and O–H groups in total. The third kappa shape index (κ3) is 3.24. The average Bonchev–Trinajstić information content (AvgIpc) is 2.90. The molecule has 25 heavy (non-hydrogen) atoms. The summed E-state index contributed by atoms with van der Waals surface area (Å²) < 4.78 is 28.2. The van der Waals surface area contributed by atoms with Gasteiger partial charge in [-0.3, -0.25) is 9.48 Å². The summed E-state index contributed by atoms with van der Waals surface area (Å²) >= 11 is 0. The first kappa shape index (κ1) is 17.1. The van der Waals surface area contributed by atoms with E-state index in [1.54, 1.807) is 11.6 Å². The van der Waals surface area contributed by atoms with Gasteiger partial charge in [0.2, 0.25) is 0 Å². The van der Waals surface area contributed by atoms with Gasteiger partial charge in [-0.1, -0.05) is 6.07 Å². The van der Waals surface area contributed by atoms with E-state index in [1.165, 1.54) is 0 Å². The van der Waals surface area contributed by atoms with E-state index in [0.717, 1.165) is 43.3 Å². The Bertz CT molecular complexity index is 848. The molecule has 1 atom stereocenters. The van der Waals surface area contributed by atoms with Gasteiger partial charge in [0.05, 0.1) is 17.0 Å². The van der Waals surface area contributed by atoms with Gasteiger partial charge < -0.3 is 10.4 Å². The summed E-state index contributed by atoms with van der Waals surface area (Å²) in [7, 11) is 0. The highest BCUT2D eigenvalue weighted by Crippen LogP contribution is 2.23. The van der Waals surface area contributed by atoms with Gasteiger partial charge >= 0.3 is 5.97 Å². The van der Waals surface area contributed by atoms with Gasteiger partial charge in [-0.2, -0.15) is 5.10 Å². The quantitative estimate of drug-likeness (QED) is 0.887. The van der Waals surface area contributed by atoms with Crippen molar-refractivity contribution < 1.29 is 23.5 Å². The first-order valence-corrected chi connectivity index (χ1v) is 7.93. The Hall–Kier alpha value is -2.77. The summed E-state index contributed by atoms with van der Waals surface area (Å²) in [5, 5.41) is 16.1. The number of carboxylic acids is 1. The Labute approximate surface area is 142 Å². The van der Waals surface area contributed by atoms with Crippen molar-refractivity contribution in [3.05, 3.63) is 52.3 Å². The smallest absolute Gasteiger partial charge is 0.330 e. The number of aryl methyl sites for hydroxylation is 2. The van der Waals surface area contributed by atoms with Crippen LogP contribution < -0.4 is 5.32 Å². The second-order valence-electron chi connectivity index (χ2n) is 6.01. The number of carboxylic acid groups (broad SMARTS) is 1. The summed E-state index contributed by atoms with van der Waals surface area (Å²) in [6.45, 7) is 2.41. The molecule has 2 aromatic rings. The fourth-order valence-corrected chi connectivity index (χ4v) is 3.10. The highest BCUT2D eigenvalue weighted by molar-refractivity contribution is 5.98. The van der Waals surface area contributed by atoms with Crippen molar-refractivity contribution in [3.63, 3.8) is 0 Å². The van der Waals surface area contributed by atoms with E-state index in [2.05, 4.69) is 10.4 Å². The molecular formula is C17H17F2N3O3. The van der Waals surface area contributed by atoms with Crippen molar-refractivity contribution in [2.75, 3.05) is 0 Å². The van der Waals surface area contributed by atoms with Gasteiger partial charge in [-0.05, 0) is 43.9 Å². The number of fused-ring (bicyclic) bond motifs is 1. The van der Waals surface area contributed by atoms with Crippen LogP contribution in [0.25, 0.3) is 0 Å². The van der Waals surface area contributed by atoms with Crippen LogP contribution in [-0.2, 0) is 17.8 Å².